The lowest BCUT2D eigenvalue weighted by Crippen LogP contribution is -2.04. The maximum atomic E-state index is 10.4. The Balaban J connectivity index is 2.59. The standard InChI is InChI=1S/C10H7NO3/c12-10(13)14-9-8-4-2-1-3-7(8)5-6-11-9/h1-6H,(H,12,13). The maximum absolute atomic E-state index is 10.4. The van der Waals surface area contributed by atoms with Gasteiger partial charge in [0.05, 0.1) is 0 Å². The number of nitrogens with zero attached hydrogens (tertiary/aromatic N) is 1. The molecule has 1 aromatic heterocycles. The Kier molecular flexibility index (Phi) is 2.02. The van der Waals surface area contributed by atoms with Gasteiger partial charge in [-0.3, -0.25) is 0 Å². The van der Waals surface area contributed by atoms with Crippen LogP contribution in [0.2, 0.25) is 0 Å². The Labute approximate surface area is 79.8 Å². The van der Waals surface area contributed by atoms with Gasteiger partial charge in [-0.2, -0.15) is 0 Å². The lowest BCUT2D eigenvalue weighted by molar-refractivity contribution is 0.143. The molecule has 0 aliphatic heterocycles. The van der Waals surface area contributed by atoms with Gasteiger partial charge in [0.25, 0.3) is 0 Å². The molecular weight excluding hydrogens is 182 g/mol. The van der Waals surface area contributed by atoms with Crippen LogP contribution in [-0.4, -0.2) is 16.2 Å². The van der Waals surface area contributed by atoms with Crippen molar-refractivity contribution in [1.29, 1.82) is 0 Å². The summed E-state index contributed by atoms with van der Waals surface area (Å²) in [5.74, 6) is 0.121. The molecule has 2 rings (SSSR count). The van der Waals surface area contributed by atoms with E-state index in [2.05, 4.69) is 9.72 Å². The molecule has 0 saturated carbocycles. The fourth-order valence-corrected chi connectivity index (χ4v) is 1.26. The van der Waals surface area contributed by atoms with Gasteiger partial charge in [-0.25, -0.2) is 9.78 Å². The second-order valence-electron chi connectivity index (χ2n) is 2.71. The Morgan fingerprint density at radius 2 is 2.07 bits per heavy atom. The molecule has 0 radical (unpaired) electrons. The molecule has 0 spiro atoms. The van der Waals surface area contributed by atoms with Gasteiger partial charge in [0.15, 0.2) is 0 Å². The third-order valence-corrected chi connectivity index (χ3v) is 1.82. The van der Waals surface area contributed by atoms with Crippen molar-refractivity contribution in [2.24, 2.45) is 0 Å². The number of aromatic nitrogens is 1. The third kappa shape index (κ3) is 1.50. The minimum atomic E-state index is -1.35. The average Bonchev–Trinajstić information content (AvgIpc) is 2.18. The van der Waals surface area contributed by atoms with Gasteiger partial charge in [0, 0.05) is 11.6 Å². The number of hydrogen-bond donors (Lipinski definition) is 1. The number of carbonyl (C=O) groups is 1. The lowest BCUT2D eigenvalue weighted by Gasteiger charge is -2.02. The van der Waals surface area contributed by atoms with Crippen LogP contribution in [0.1, 0.15) is 0 Å². The molecule has 0 atom stereocenters. The van der Waals surface area contributed by atoms with Crippen molar-refractivity contribution in [1.82, 2.24) is 4.98 Å². The second-order valence-corrected chi connectivity index (χ2v) is 2.71. The number of hydrogen-bond acceptors (Lipinski definition) is 3. The molecule has 2 aromatic rings. The summed E-state index contributed by atoms with van der Waals surface area (Å²) in [5.41, 5.74) is 0. The van der Waals surface area contributed by atoms with Gasteiger partial charge in [-0.15, -0.1) is 0 Å². The van der Waals surface area contributed by atoms with E-state index in [-0.39, 0.29) is 5.88 Å². The molecular formula is C10H7NO3. The smallest absolute Gasteiger partial charge is 0.449 e. The Bertz CT molecular complexity index is 476. The highest BCUT2D eigenvalue weighted by Gasteiger charge is 2.06. The van der Waals surface area contributed by atoms with Crippen LogP contribution in [0.4, 0.5) is 4.79 Å². The SMILES string of the molecule is O=C(O)Oc1nccc2ccccc12. The van der Waals surface area contributed by atoms with E-state index in [4.69, 9.17) is 5.11 Å². The molecule has 0 bridgehead atoms. The van der Waals surface area contributed by atoms with Gasteiger partial charge < -0.3 is 9.84 Å². The zero-order chi connectivity index (χ0) is 9.97. The number of benzene rings is 1. The van der Waals surface area contributed by atoms with Crippen molar-refractivity contribution < 1.29 is 14.6 Å². The highest BCUT2D eigenvalue weighted by Crippen LogP contribution is 2.22. The monoisotopic (exact) mass is 189 g/mol. The average molecular weight is 189 g/mol. The first-order valence-corrected chi connectivity index (χ1v) is 4.02. The number of carboxylic acid groups (broad SMARTS) is 1. The lowest BCUT2D eigenvalue weighted by atomic mass is 10.2. The van der Waals surface area contributed by atoms with E-state index in [1.807, 2.05) is 12.1 Å². The van der Waals surface area contributed by atoms with Crippen LogP contribution in [0.25, 0.3) is 10.8 Å². The first kappa shape index (κ1) is 8.50. The van der Waals surface area contributed by atoms with Crippen LogP contribution in [0.5, 0.6) is 5.88 Å². The molecule has 1 aromatic carbocycles. The molecule has 0 saturated heterocycles. The van der Waals surface area contributed by atoms with E-state index in [1.165, 1.54) is 6.20 Å². The molecule has 4 nitrogen and oxygen atoms in total. The number of fused-ring (bicyclic) bond motifs is 1. The zero-order valence-corrected chi connectivity index (χ0v) is 7.18. The second kappa shape index (κ2) is 3.33. The quantitative estimate of drug-likeness (QED) is 0.699. The molecule has 0 unspecified atom stereocenters. The summed E-state index contributed by atoms with van der Waals surface area (Å²) in [5, 5.41) is 10.1. The van der Waals surface area contributed by atoms with E-state index in [0.717, 1.165) is 5.39 Å². The Morgan fingerprint density at radius 1 is 1.29 bits per heavy atom. The first-order valence-electron chi connectivity index (χ1n) is 4.02. The molecule has 14 heavy (non-hydrogen) atoms. The summed E-state index contributed by atoms with van der Waals surface area (Å²) in [4.78, 5) is 14.2. The summed E-state index contributed by atoms with van der Waals surface area (Å²) in [6, 6.07) is 9.10. The minimum absolute atomic E-state index is 0.121. The molecule has 0 fully saturated rings. The van der Waals surface area contributed by atoms with Crippen molar-refractivity contribution in [2.75, 3.05) is 0 Å². The third-order valence-electron chi connectivity index (χ3n) is 1.82. The van der Waals surface area contributed by atoms with Crippen molar-refractivity contribution in [3.05, 3.63) is 36.5 Å². The van der Waals surface area contributed by atoms with E-state index in [1.54, 1.807) is 18.2 Å². The molecule has 4 heteroatoms. The van der Waals surface area contributed by atoms with E-state index < -0.39 is 6.16 Å². The van der Waals surface area contributed by atoms with Crippen molar-refractivity contribution >= 4 is 16.9 Å². The van der Waals surface area contributed by atoms with Crippen molar-refractivity contribution in [3.63, 3.8) is 0 Å². The zero-order valence-electron chi connectivity index (χ0n) is 7.18. The topological polar surface area (TPSA) is 59.4 Å². The number of ether oxygens (including phenoxy) is 1. The van der Waals surface area contributed by atoms with Crippen LogP contribution in [-0.2, 0) is 0 Å². The molecule has 0 aliphatic carbocycles. The fourth-order valence-electron chi connectivity index (χ4n) is 1.26. The van der Waals surface area contributed by atoms with Gasteiger partial charge in [0.2, 0.25) is 5.88 Å². The van der Waals surface area contributed by atoms with Gasteiger partial charge in [0.1, 0.15) is 0 Å². The highest BCUT2D eigenvalue weighted by molar-refractivity contribution is 5.87. The first-order chi connectivity index (χ1) is 6.77. The summed E-state index contributed by atoms with van der Waals surface area (Å²) >= 11 is 0. The largest absolute Gasteiger partial charge is 0.512 e. The molecule has 1 N–H and O–H groups in total. The molecule has 1 heterocycles. The molecule has 70 valence electrons. The summed E-state index contributed by atoms with van der Waals surface area (Å²) in [6.45, 7) is 0. The van der Waals surface area contributed by atoms with Crippen LogP contribution in [0.3, 0.4) is 0 Å². The van der Waals surface area contributed by atoms with Crippen LogP contribution in [0, 0.1) is 0 Å². The number of pyridine rings is 1. The predicted molar refractivity (Wildman–Crippen MR) is 50.4 cm³/mol. The van der Waals surface area contributed by atoms with Crippen LogP contribution in [0.15, 0.2) is 36.5 Å². The van der Waals surface area contributed by atoms with Crippen molar-refractivity contribution in [2.45, 2.75) is 0 Å². The van der Waals surface area contributed by atoms with Crippen LogP contribution >= 0.6 is 0 Å². The Morgan fingerprint density at radius 3 is 2.86 bits per heavy atom. The maximum Gasteiger partial charge on any atom is 0.512 e. The van der Waals surface area contributed by atoms with E-state index >= 15 is 0 Å². The fraction of sp³-hybridized carbons (Fsp3) is 0. The summed E-state index contributed by atoms with van der Waals surface area (Å²) in [6.07, 6.45) is 0.162. The van der Waals surface area contributed by atoms with Gasteiger partial charge >= 0.3 is 6.16 Å². The number of rotatable bonds is 1. The van der Waals surface area contributed by atoms with E-state index in [0.29, 0.717) is 5.39 Å². The molecule has 0 amide bonds. The minimum Gasteiger partial charge on any atom is -0.449 e. The Hall–Kier alpha value is -2.10. The highest BCUT2D eigenvalue weighted by atomic mass is 16.7. The molecule has 0 aliphatic rings. The van der Waals surface area contributed by atoms with Gasteiger partial charge in [-0.05, 0) is 17.5 Å². The van der Waals surface area contributed by atoms with Gasteiger partial charge in [-0.1, -0.05) is 18.2 Å². The predicted octanol–water partition coefficient (Wildman–Crippen LogP) is 2.29. The van der Waals surface area contributed by atoms with Crippen molar-refractivity contribution in [3.8, 4) is 5.88 Å². The van der Waals surface area contributed by atoms with Crippen LogP contribution < -0.4 is 4.74 Å². The summed E-state index contributed by atoms with van der Waals surface area (Å²) < 4.78 is 4.53. The summed E-state index contributed by atoms with van der Waals surface area (Å²) in [7, 11) is 0. The normalized spacial score (nSPS) is 10.0. The van der Waals surface area contributed by atoms with E-state index in [9.17, 15) is 4.79 Å².